The highest BCUT2D eigenvalue weighted by Crippen LogP contribution is 2.49. The maximum Gasteiger partial charge on any atom is 0.248 e. The van der Waals surface area contributed by atoms with Crippen LogP contribution in [-0.4, -0.2) is 81.7 Å². The average Bonchev–Trinajstić information content (AvgIpc) is 3.22. The van der Waals surface area contributed by atoms with E-state index in [9.17, 15) is 20.4 Å². The van der Waals surface area contributed by atoms with Crippen molar-refractivity contribution in [2.45, 2.75) is 100 Å². The van der Waals surface area contributed by atoms with E-state index in [1.165, 1.54) is 4.88 Å². The Balaban J connectivity index is 1.58. The molecule has 2 saturated heterocycles. The molecule has 1 saturated carbocycles. The normalized spacial score (nSPS) is 47.6. The zero-order valence-corrected chi connectivity index (χ0v) is 19.1. The number of hydrogen-bond donors (Lipinski definition) is 5. The topological polar surface area (TPSA) is 121 Å². The number of aliphatic hydroxyl groups excluding tert-OH is 2. The number of aliphatic hydroxyl groups is 4. The van der Waals surface area contributed by atoms with Crippen molar-refractivity contribution in [1.29, 1.82) is 0 Å². The van der Waals surface area contributed by atoms with Gasteiger partial charge in [0.15, 0.2) is 0 Å². The lowest BCUT2D eigenvalue weighted by atomic mass is 9.73. The lowest BCUT2D eigenvalue weighted by Gasteiger charge is -2.60. The standard InChI is InChI=1S/C22H35NO7S/c1-4-14-16(24)15(23-3)18-19(17(14)25)29-20-22(27,30-18)21(26,11-12(2)28-20)9-5-7-13-8-6-10-31-13/h6,8,10,12,14-20,23-27H,4-5,7,9,11H2,1-3H3/t12-,14-,15+,16+,17+,18-,19-,20+,21+,22-/m1/s1. The zero-order valence-electron chi connectivity index (χ0n) is 18.3. The molecule has 0 unspecified atom stereocenters. The first-order valence-electron chi connectivity index (χ1n) is 11.2. The summed E-state index contributed by atoms with van der Waals surface area (Å²) in [6, 6.07) is 3.47. The van der Waals surface area contributed by atoms with Crippen molar-refractivity contribution in [3.05, 3.63) is 22.4 Å². The number of thiophene rings is 1. The van der Waals surface area contributed by atoms with Crippen LogP contribution in [0, 0.1) is 5.92 Å². The van der Waals surface area contributed by atoms with Crippen LogP contribution in [-0.2, 0) is 20.6 Å². The summed E-state index contributed by atoms with van der Waals surface area (Å²) in [7, 11) is 1.70. The molecule has 5 N–H and O–H groups in total. The van der Waals surface area contributed by atoms with Crippen molar-refractivity contribution in [3.8, 4) is 0 Å². The van der Waals surface area contributed by atoms with Gasteiger partial charge in [-0.15, -0.1) is 11.3 Å². The third-order valence-corrected chi connectivity index (χ3v) is 8.16. The van der Waals surface area contributed by atoms with Crippen molar-refractivity contribution in [2.24, 2.45) is 5.92 Å². The average molecular weight is 458 g/mol. The summed E-state index contributed by atoms with van der Waals surface area (Å²) in [5.41, 5.74) is -1.59. The number of hydrogen-bond acceptors (Lipinski definition) is 9. The largest absolute Gasteiger partial charge is 0.391 e. The molecule has 1 aromatic rings. The molecule has 9 heteroatoms. The summed E-state index contributed by atoms with van der Waals surface area (Å²) in [6.45, 7) is 3.72. The Morgan fingerprint density at radius 3 is 2.61 bits per heavy atom. The summed E-state index contributed by atoms with van der Waals surface area (Å²) in [5, 5.41) is 50.0. The summed E-state index contributed by atoms with van der Waals surface area (Å²) >= 11 is 1.66. The number of nitrogens with one attached hydrogen (secondary N) is 1. The minimum absolute atomic E-state index is 0.193. The van der Waals surface area contributed by atoms with Gasteiger partial charge in [0, 0.05) is 17.2 Å². The van der Waals surface area contributed by atoms with Crippen LogP contribution in [0.25, 0.3) is 0 Å². The zero-order chi connectivity index (χ0) is 22.4. The van der Waals surface area contributed by atoms with Gasteiger partial charge >= 0.3 is 0 Å². The first-order chi connectivity index (χ1) is 14.7. The Morgan fingerprint density at radius 1 is 1.19 bits per heavy atom. The van der Waals surface area contributed by atoms with Crippen molar-refractivity contribution in [3.63, 3.8) is 0 Å². The maximum absolute atomic E-state index is 11.6. The molecule has 2 aliphatic heterocycles. The van der Waals surface area contributed by atoms with Crippen LogP contribution >= 0.6 is 11.3 Å². The maximum atomic E-state index is 11.6. The fourth-order valence-electron chi connectivity index (χ4n) is 5.54. The van der Waals surface area contributed by atoms with E-state index in [1.807, 2.05) is 25.3 Å². The van der Waals surface area contributed by atoms with E-state index in [0.29, 0.717) is 19.3 Å². The molecule has 176 valence electrons. The Hall–Kier alpha value is -0.620. The Kier molecular flexibility index (Phi) is 6.81. The molecule has 3 heterocycles. The first-order valence-corrected chi connectivity index (χ1v) is 12.1. The fourth-order valence-corrected chi connectivity index (χ4v) is 6.30. The molecule has 1 aliphatic carbocycles. The van der Waals surface area contributed by atoms with Gasteiger partial charge in [-0.25, -0.2) is 0 Å². The molecular formula is C22H35NO7S. The van der Waals surface area contributed by atoms with Crippen LogP contribution in [0.5, 0.6) is 0 Å². The summed E-state index contributed by atoms with van der Waals surface area (Å²) in [5.74, 6) is -2.51. The highest BCUT2D eigenvalue weighted by atomic mass is 32.1. The Morgan fingerprint density at radius 2 is 1.97 bits per heavy atom. The predicted octanol–water partition coefficient (Wildman–Crippen LogP) is 0.759. The molecule has 0 aromatic carbocycles. The quantitative estimate of drug-likeness (QED) is 0.425. The van der Waals surface area contributed by atoms with Crippen molar-refractivity contribution in [2.75, 3.05) is 7.05 Å². The monoisotopic (exact) mass is 457 g/mol. The van der Waals surface area contributed by atoms with Gasteiger partial charge in [0.05, 0.1) is 24.4 Å². The van der Waals surface area contributed by atoms with E-state index in [0.717, 1.165) is 6.42 Å². The lowest BCUT2D eigenvalue weighted by molar-refractivity contribution is -0.485. The molecule has 0 bridgehead atoms. The molecular weight excluding hydrogens is 422 g/mol. The van der Waals surface area contributed by atoms with Crippen LogP contribution in [0.2, 0.25) is 0 Å². The summed E-state index contributed by atoms with van der Waals surface area (Å²) in [6.07, 6.45) is -2.58. The van der Waals surface area contributed by atoms with Gasteiger partial charge in [-0.3, -0.25) is 0 Å². The first kappa shape index (κ1) is 23.5. The fraction of sp³-hybridized carbons (Fsp3) is 0.818. The molecule has 0 radical (unpaired) electrons. The Labute approximate surface area is 187 Å². The van der Waals surface area contributed by atoms with E-state index < -0.39 is 54.1 Å². The number of likely N-dealkylation sites (N-methyl/N-ethyl adjacent to an activating group) is 1. The molecule has 1 aromatic heterocycles. The molecule has 0 spiro atoms. The SMILES string of the molecule is CC[C@@H]1[C@H](O)[C@H](NC)[C@H]2O[C@]3(O)[C@H](O[C@@H]2[C@H]1O)O[C@H](C)C[C@@]3(O)CCCc1cccs1. The minimum atomic E-state index is -2.11. The number of rotatable bonds is 6. The third-order valence-electron chi connectivity index (χ3n) is 7.22. The second kappa shape index (κ2) is 8.96. The van der Waals surface area contributed by atoms with Crippen molar-refractivity contribution < 1.29 is 34.6 Å². The number of fused-ring (bicyclic) bond motifs is 2. The molecule has 0 amide bonds. The Bertz CT molecular complexity index is 735. The summed E-state index contributed by atoms with van der Waals surface area (Å²) in [4.78, 5) is 1.22. The van der Waals surface area contributed by atoms with Crippen LogP contribution in [0.4, 0.5) is 0 Å². The molecule has 4 rings (SSSR count). The lowest BCUT2D eigenvalue weighted by Crippen LogP contribution is -2.78. The van der Waals surface area contributed by atoms with Gasteiger partial charge < -0.3 is 40.0 Å². The molecule has 3 aliphatic rings. The van der Waals surface area contributed by atoms with Crippen LogP contribution in [0.1, 0.15) is 44.4 Å². The van der Waals surface area contributed by atoms with Gasteiger partial charge in [0.1, 0.15) is 17.8 Å². The van der Waals surface area contributed by atoms with Crippen LogP contribution in [0.15, 0.2) is 17.5 Å². The van der Waals surface area contributed by atoms with Crippen molar-refractivity contribution >= 4 is 11.3 Å². The van der Waals surface area contributed by atoms with E-state index in [4.69, 9.17) is 14.2 Å². The number of aryl methyl sites for hydroxylation is 1. The van der Waals surface area contributed by atoms with Gasteiger partial charge in [-0.1, -0.05) is 13.0 Å². The summed E-state index contributed by atoms with van der Waals surface area (Å²) < 4.78 is 18.1. The van der Waals surface area contributed by atoms with Crippen LogP contribution in [0.3, 0.4) is 0 Å². The smallest absolute Gasteiger partial charge is 0.248 e. The minimum Gasteiger partial charge on any atom is -0.391 e. The third kappa shape index (κ3) is 3.98. The van der Waals surface area contributed by atoms with Crippen LogP contribution < -0.4 is 5.32 Å². The second-order valence-corrected chi connectivity index (χ2v) is 10.2. The van der Waals surface area contributed by atoms with E-state index in [1.54, 1.807) is 18.4 Å². The van der Waals surface area contributed by atoms with Crippen molar-refractivity contribution in [1.82, 2.24) is 5.32 Å². The highest BCUT2D eigenvalue weighted by molar-refractivity contribution is 7.09. The van der Waals surface area contributed by atoms with Gasteiger partial charge in [0.25, 0.3) is 0 Å². The molecule has 3 fully saturated rings. The molecule has 31 heavy (non-hydrogen) atoms. The van der Waals surface area contributed by atoms with E-state index in [-0.39, 0.29) is 12.5 Å². The van der Waals surface area contributed by atoms with Gasteiger partial charge in [-0.2, -0.15) is 0 Å². The number of ether oxygens (including phenoxy) is 3. The predicted molar refractivity (Wildman–Crippen MR) is 114 cm³/mol. The van der Waals surface area contributed by atoms with E-state index >= 15 is 0 Å². The van der Waals surface area contributed by atoms with Gasteiger partial charge in [-0.05, 0) is 51.1 Å². The second-order valence-electron chi connectivity index (χ2n) is 9.19. The van der Waals surface area contributed by atoms with Gasteiger partial charge in [0.2, 0.25) is 12.1 Å². The highest BCUT2D eigenvalue weighted by Gasteiger charge is 2.68. The molecule has 8 nitrogen and oxygen atoms in total. The molecule has 10 atom stereocenters. The van der Waals surface area contributed by atoms with E-state index in [2.05, 4.69) is 11.4 Å².